The first-order valence-corrected chi connectivity index (χ1v) is 6.37. The molecule has 8 heteroatoms. The molecule has 0 atom stereocenters. The topological polar surface area (TPSA) is 68.3 Å². The Balaban J connectivity index is 1.91. The van der Waals surface area contributed by atoms with E-state index in [0.29, 0.717) is 6.07 Å². The van der Waals surface area contributed by atoms with Crippen molar-refractivity contribution in [1.82, 2.24) is 4.98 Å². The standard InChI is InChI=1S/C14H9ClF2N2O3/c15-12-5-8(3-4-18-12)14(21)22-7-13(20)19-11-2-1-9(16)6-10(11)17/h1-6H,7H2,(H,19,20). The van der Waals surface area contributed by atoms with Gasteiger partial charge in [0.1, 0.15) is 16.8 Å². The summed E-state index contributed by atoms with van der Waals surface area (Å²) in [5.41, 5.74) is -0.0878. The van der Waals surface area contributed by atoms with E-state index in [2.05, 4.69) is 10.3 Å². The Labute approximate surface area is 128 Å². The Morgan fingerprint density at radius 1 is 1.23 bits per heavy atom. The molecular formula is C14H9ClF2N2O3. The predicted octanol–water partition coefficient (Wildman–Crippen LogP) is 2.81. The van der Waals surface area contributed by atoms with Crippen molar-refractivity contribution in [1.29, 1.82) is 0 Å². The molecule has 5 nitrogen and oxygen atoms in total. The van der Waals surface area contributed by atoms with Crippen molar-refractivity contribution in [3.8, 4) is 0 Å². The number of carbonyl (C=O) groups is 2. The smallest absolute Gasteiger partial charge is 0.338 e. The largest absolute Gasteiger partial charge is 0.452 e. The van der Waals surface area contributed by atoms with Crippen molar-refractivity contribution in [3.05, 3.63) is 58.9 Å². The lowest BCUT2D eigenvalue weighted by Crippen LogP contribution is -2.21. The van der Waals surface area contributed by atoms with Crippen molar-refractivity contribution < 1.29 is 23.1 Å². The number of hydrogen-bond acceptors (Lipinski definition) is 4. The highest BCUT2D eigenvalue weighted by molar-refractivity contribution is 6.29. The maximum Gasteiger partial charge on any atom is 0.338 e. The molecule has 0 aliphatic carbocycles. The van der Waals surface area contributed by atoms with E-state index in [1.165, 1.54) is 18.3 Å². The number of rotatable bonds is 4. The Morgan fingerprint density at radius 3 is 2.68 bits per heavy atom. The molecule has 1 aromatic heterocycles. The predicted molar refractivity (Wildman–Crippen MR) is 74.5 cm³/mol. The summed E-state index contributed by atoms with van der Waals surface area (Å²) in [5, 5.41) is 2.26. The van der Waals surface area contributed by atoms with Crippen LogP contribution in [0, 0.1) is 11.6 Å². The van der Waals surface area contributed by atoms with Crippen molar-refractivity contribution in [3.63, 3.8) is 0 Å². The van der Waals surface area contributed by atoms with Gasteiger partial charge in [-0.3, -0.25) is 4.79 Å². The van der Waals surface area contributed by atoms with E-state index in [0.717, 1.165) is 12.1 Å². The number of nitrogens with zero attached hydrogens (tertiary/aromatic N) is 1. The molecule has 22 heavy (non-hydrogen) atoms. The van der Waals surface area contributed by atoms with Crippen LogP contribution in [0.25, 0.3) is 0 Å². The van der Waals surface area contributed by atoms with Crippen molar-refractivity contribution in [2.75, 3.05) is 11.9 Å². The van der Waals surface area contributed by atoms with Crippen LogP contribution >= 0.6 is 11.6 Å². The molecule has 0 saturated carbocycles. The Bertz CT molecular complexity index is 725. The molecule has 0 aliphatic heterocycles. The van der Waals surface area contributed by atoms with Crippen molar-refractivity contribution >= 4 is 29.2 Å². The minimum Gasteiger partial charge on any atom is -0.452 e. The van der Waals surface area contributed by atoms with E-state index in [-0.39, 0.29) is 16.4 Å². The third-order valence-electron chi connectivity index (χ3n) is 2.50. The van der Waals surface area contributed by atoms with E-state index < -0.39 is 30.1 Å². The molecule has 114 valence electrons. The van der Waals surface area contributed by atoms with E-state index in [9.17, 15) is 18.4 Å². The number of esters is 1. The van der Waals surface area contributed by atoms with Crippen LogP contribution < -0.4 is 5.32 Å². The fraction of sp³-hybridized carbons (Fsp3) is 0.0714. The number of nitrogens with one attached hydrogen (secondary N) is 1. The maximum absolute atomic E-state index is 13.3. The zero-order valence-corrected chi connectivity index (χ0v) is 11.7. The molecule has 0 aliphatic rings. The average molecular weight is 327 g/mol. The van der Waals surface area contributed by atoms with Gasteiger partial charge in [0.05, 0.1) is 11.3 Å². The number of carbonyl (C=O) groups excluding carboxylic acids is 2. The molecule has 1 N–H and O–H groups in total. The molecule has 0 saturated heterocycles. The summed E-state index contributed by atoms with van der Waals surface area (Å²) in [6, 6.07) is 5.32. The van der Waals surface area contributed by atoms with Crippen LogP contribution in [0.3, 0.4) is 0 Å². The van der Waals surface area contributed by atoms with Gasteiger partial charge in [-0.05, 0) is 24.3 Å². The molecule has 0 radical (unpaired) electrons. The SMILES string of the molecule is O=C(COC(=O)c1ccnc(Cl)c1)Nc1ccc(F)cc1F. The highest BCUT2D eigenvalue weighted by Gasteiger charge is 2.12. The van der Waals surface area contributed by atoms with Gasteiger partial charge in [-0.2, -0.15) is 0 Å². The van der Waals surface area contributed by atoms with E-state index >= 15 is 0 Å². The Kier molecular flexibility index (Phi) is 5.00. The van der Waals surface area contributed by atoms with Crippen LogP contribution in [-0.4, -0.2) is 23.5 Å². The van der Waals surface area contributed by atoms with Gasteiger partial charge in [0.25, 0.3) is 5.91 Å². The fourth-order valence-electron chi connectivity index (χ4n) is 1.52. The van der Waals surface area contributed by atoms with Gasteiger partial charge < -0.3 is 10.1 Å². The van der Waals surface area contributed by atoms with E-state index in [4.69, 9.17) is 16.3 Å². The van der Waals surface area contributed by atoms with Gasteiger partial charge in [0.2, 0.25) is 0 Å². The molecule has 0 fully saturated rings. The summed E-state index contributed by atoms with van der Waals surface area (Å²) in [7, 11) is 0. The Morgan fingerprint density at radius 2 is 2.00 bits per heavy atom. The third-order valence-corrected chi connectivity index (χ3v) is 2.71. The summed E-state index contributed by atoms with van der Waals surface area (Å²) < 4.78 is 30.8. The summed E-state index contributed by atoms with van der Waals surface area (Å²) in [6.07, 6.45) is 1.31. The number of anilines is 1. The Hall–Kier alpha value is -2.54. The maximum atomic E-state index is 13.3. The van der Waals surface area contributed by atoms with Gasteiger partial charge in [0.15, 0.2) is 6.61 Å². The first kappa shape index (κ1) is 15.8. The number of hydrogen-bond donors (Lipinski definition) is 1. The number of amides is 1. The average Bonchev–Trinajstić information content (AvgIpc) is 2.47. The lowest BCUT2D eigenvalue weighted by molar-refractivity contribution is -0.119. The molecule has 0 spiro atoms. The van der Waals surface area contributed by atoms with Crippen LogP contribution in [0.2, 0.25) is 5.15 Å². The molecule has 0 bridgehead atoms. The quantitative estimate of drug-likeness (QED) is 0.693. The molecule has 0 unspecified atom stereocenters. The zero-order chi connectivity index (χ0) is 16.1. The second kappa shape index (κ2) is 6.95. The molecule has 2 rings (SSSR count). The van der Waals surface area contributed by atoms with Crippen LogP contribution in [0.15, 0.2) is 36.5 Å². The fourth-order valence-corrected chi connectivity index (χ4v) is 1.69. The van der Waals surface area contributed by atoms with Gasteiger partial charge in [-0.15, -0.1) is 0 Å². The van der Waals surface area contributed by atoms with Gasteiger partial charge in [0, 0.05) is 12.3 Å². The first-order valence-electron chi connectivity index (χ1n) is 5.99. The van der Waals surface area contributed by atoms with Crippen molar-refractivity contribution in [2.24, 2.45) is 0 Å². The zero-order valence-electron chi connectivity index (χ0n) is 11.0. The van der Waals surface area contributed by atoms with Crippen LogP contribution in [0.4, 0.5) is 14.5 Å². The van der Waals surface area contributed by atoms with Crippen LogP contribution in [-0.2, 0) is 9.53 Å². The summed E-state index contributed by atoms with van der Waals surface area (Å²) in [5.74, 6) is -3.24. The van der Waals surface area contributed by atoms with Gasteiger partial charge in [-0.25, -0.2) is 18.6 Å². The third kappa shape index (κ3) is 4.23. The van der Waals surface area contributed by atoms with Gasteiger partial charge >= 0.3 is 5.97 Å². The molecule has 1 aromatic carbocycles. The normalized spacial score (nSPS) is 10.1. The second-order valence-corrected chi connectivity index (χ2v) is 4.50. The van der Waals surface area contributed by atoms with Crippen molar-refractivity contribution in [2.45, 2.75) is 0 Å². The monoisotopic (exact) mass is 326 g/mol. The lowest BCUT2D eigenvalue weighted by atomic mass is 10.3. The summed E-state index contributed by atoms with van der Waals surface area (Å²) >= 11 is 5.62. The minimum absolute atomic E-state index is 0.104. The summed E-state index contributed by atoms with van der Waals surface area (Å²) in [4.78, 5) is 26.9. The van der Waals surface area contributed by atoms with E-state index in [1.807, 2.05) is 0 Å². The highest BCUT2D eigenvalue weighted by atomic mass is 35.5. The molecule has 1 heterocycles. The number of pyridine rings is 1. The summed E-state index contributed by atoms with van der Waals surface area (Å²) in [6.45, 7) is -0.629. The molecular weight excluding hydrogens is 318 g/mol. The molecule has 2 aromatic rings. The number of ether oxygens (including phenoxy) is 1. The number of aromatic nitrogens is 1. The van der Waals surface area contributed by atoms with E-state index in [1.54, 1.807) is 0 Å². The van der Waals surface area contributed by atoms with Crippen LogP contribution in [0.5, 0.6) is 0 Å². The lowest BCUT2D eigenvalue weighted by Gasteiger charge is -2.07. The first-order chi connectivity index (χ1) is 10.5. The number of benzene rings is 1. The second-order valence-electron chi connectivity index (χ2n) is 4.12. The highest BCUT2D eigenvalue weighted by Crippen LogP contribution is 2.15. The van der Waals surface area contributed by atoms with Gasteiger partial charge in [-0.1, -0.05) is 11.6 Å². The van der Waals surface area contributed by atoms with Crippen LogP contribution in [0.1, 0.15) is 10.4 Å². The molecule has 1 amide bonds. The number of halogens is 3. The minimum atomic E-state index is -0.930.